The van der Waals surface area contributed by atoms with Crippen molar-refractivity contribution in [3.63, 3.8) is 0 Å². The van der Waals surface area contributed by atoms with Crippen LogP contribution >= 0.6 is 0 Å². The lowest BCUT2D eigenvalue weighted by Gasteiger charge is -2.21. The average molecular weight is 463 g/mol. The molecule has 0 aliphatic carbocycles. The van der Waals surface area contributed by atoms with Crippen LogP contribution in [-0.4, -0.2) is 4.57 Å². The van der Waals surface area contributed by atoms with E-state index in [-0.39, 0.29) is 16.1 Å². The Hall–Kier alpha value is -4.96. The lowest BCUT2D eigenvalue weighted by atomic mass is 9.98. The molecule has 1 aromatic heterocycles. The van der Waals surface area contributed by atoms with E-state index in [1.807, 2.05) is 66.7 Å². The first-order valence-corrected chi connectivity index (χ1v) is 11.9. The average Bonchev–Trinajstić information content (AvgIpc) is 3.25. The summed E-state index contributed by atoms with van der Waals surface area (Å²) in [5, 5.41) is 5.05. The van der Waals surface area contributed by atoms with E-state index in [9.17, 15) is 9.59 Å². The molecule has 0 bridgehead atoms. The van der Waals surface area contributed by atoms with Gasteiger partial charge in [-0.3, -0.25) is 9.59 Å². The van der Waals surface area contributed by atoms with Gasteiger partial charge in [-0.05, 0) is 47.4 Å². The van der Waals surface area contributed by atoms with Crippen molar-refractivity contribution in [1.29, 1.82) is 0 Å². The normalized spacial score (nSPS) is 12.3. The topological polar surface area (TPSA) is 48.3 Å². The summed E-state index contributed by atoms with van der Waals surface area (Å²) < 4.78 is 8.57. The van der Waals surface area contributed by atoms with Gasteiger partial charge in [0.2, 0.25) is 0 Å². The van der Waals surface area contributed by atoms with Crippen molar-refractivity contribution < 1.29 is 4.74 Å². The Morgan fingerprint density at radius 3 is 2.14 bits per heavy atom. The predicted octanol–water partition coefficient (Wildman–Crippen LogP) is 5.90. The van der Waals surface area contributed by atoms with Crippen molar-refractivity contribution in [2.24, 2.45) is 0 Å². The van der Waals surface area contributed by atoms with Crippen LogP contribution in [0.4, 0.5) is 0 Å². The van der Waals surface area contributed by atoms with Gasteiger partial charge in [0, 0.05) is 26.9 Å². The van der Waals surface area contributed by atoms with Crippen LogP contribution in [0.5, 0.6) is 11.5 Å². The third-order valence-electron chi connectivity index (χ3n) is 7.28. The van der Waals surface area contributed by atoms with E-state index in [0.717, 1.165) is 49.6 Å². The summed E-state index contributed by atoms with van der Waals surface area (Å²) in [7, 11) is 0. The Bertz CT molecular complexity index is 2160. The first-order valence-electron chi connectivity index (χ1n) is 11.9. The highest BCUT2D eigenvalue weighted by atomic mass is 16.5. The Kier molecular flexibility index (Phi) is 3.66. The van der Waals surface area contributed by atoms with Crippen molar-refractivity contribution >= 4 is 49.4 Å². The molecule has 6 aromatic carbocycles. The van der Waals surface area contributed by atoms with Crippen LogP contribution in [0.25, 0.3) is 55.1 Å². The van der Waals surface area contributed by atoms with Gasteiger partial charge in [-0.25, -0.2) is 0 Å². The van der Waals surface area contributed by atoms with E-state index in [2.05, 4.69) is 22.8 Å². The number of hydrogen-bond acceptors (Lipinski definition) is 3. The van der Waals surface area contributed by atoms with Gasteiger partial charge in [-0.15, -0.1) is 0 Å². The zero-order valence-corrected chi connectivity index (χ0v) is 19.0. The quantitative estimate of drug-likeness (QED) is 0.304. The van der Waals surface area contributed by atoms with Crippen molar-refractivity contribution in [3.05, 3.63) is 128 Å². The summed E-state index contributed by atoms with van der Waals surface area (Å²) in [6.07, 6.45) is 1.71. The fourth-order valence-electron chi connectivity index (χ4n) is 5.75. The second kappa shape index (κ2) is 6.80. The first kappa shape index (κ1) is 19.4. The van der Waals surface area contributed by atoms with Crippen LogP contribution in [0.1, 0.15) is 5.56 Å². The number of ether oxygens (including phenoxy) is 1. The molecule has 1 aliphatic rings. The molecule has 7 aromatic rings. The van der Waals surface area contributed by atoms with E-state index < -0.39 is 0 Å². The third kappa shape index (κ3) is 2.42. The van der Waals surface area contributed by atoms with Crippen molar-refractivity contribution in [2.45, 2.75) is 0 Å². The smallest absolute Gasteiger partial charge is 0.197 e. The van der Waals surface area contributed by atoms with Crippen LogP contribution in [0.3, 0.4) is 0 Å². The molecular weight excluding hydrogens is 446 g/mol. The van der Waals surface area contributed by atoms with Gasteiger partial charge in [-0.1, -0.05) is 66.7 Å². The van der Waals surface area contributed by atoms with Gasteiger partial charge in [-0.2, -0.15) is 0 Å². The maximum absolute atomic E-state index is 13.5. The first-order chi connectivity index (χ1) is 17.7. The molecule has 0 atom stereocenters. The molecule has 4 nitrogen and oxygen atoms in total. The van der Waals surface area contributed by atoms with Crippen LogP contribution in [0, 0.1) is 0 Å². The molecule has 0 unspecified atom stereocenters. The standard InChI is InChI=1S/C32H17NO3/c34-31-21-10-5-7-19-8-6-11-22(29(19)21)32(35)24(31)16-18-15-23-20-9-1-2-12-25(20)33-26-13-3-4-14-27(26)36-28(17-18)30(23)33/h1-17H. The molecule has 0 spiro atoms. The van der Waals surface area contributed by atoms with Gasteiger partial charge >= 0.3 is 0 Å². The summed E-state index contributed by atoms with van der Waals surface area (Å²) in [4.78, 5) is 27.0. The molecule has 0 fully saturated rings. The van der Waals surface area contributed by atoms with Gasteiger partial charge < -0.3 is 9.30 Å². The molecule has 8 rings (SSSR count). The fourth-order valence-corrected chi connectivity index (χ4v) is 5.75. The molecule has 0 N–H and O–H groups in total. The molecule has 1 aliphatic heterocycles. The number of rotatable bonds is 1. The summed E-state index contributed by atoms with van der Waals surface area (Å²) in [5.41, 5.74) is 3.32. The van der Waals surface area contributed by atoms with E-state index >= 15 is 0 Å². The largest absolute Gasteiger partial charge is 0.453 e. The Labute approximate surface area is 204 Å². The third-order valence-corrected chi connectivity index (χ3v) is 7.28. The summed E-state index contributed by atoms with van der Waals surface area (Å²) in [6.45, 7) is 0. The number of para-hydroxylation sites is 3. The van der Waals surface area contributed by atoms with Crippen LogP contribution in [0.2, 0.25) is 0 Å². The highest BCUT2D eigenvalue weighted by molar-refractivity contribution is 6.13. The van der Waals surface area contributed by atoms with Gasteiger partial charge in [0.15, 0.2) is 22.4 Å². The Morgan fingerprint density at radius 2 is 1.33 bits per heavy atom. The molecule has 168 valence electrons. The number of fused-ring (bicyclic) bond motifs is 5. The number of nitrogens with zero attached hydrogens (tertiary/aromatic N) is 1. The molecule has 0 radical (unpaired) electrons. The minimum absolute atomic E-state index is 0.174. The number of aromatic nitrogens is 1. The minimum atomic E-state index is -0.244. The van der Waals surface area contributed by atoms with Crippen molar-refractivity contribution in [3.8, 4) is 17.2 Å². The fraction of sp³-hybridized carbons (Fsp3) is 0. The van der Waals surface area contributed by atoms with Gasteiger partial charge in [0.25, 0.3) is 0 Å². The number of hydrogen-bond donors (Lipinski definition) is 0. The molecule has 4 heteroatoms. The zero-order chi connectivity index (χ0) is 24.0. The van der Waals surface area contributed by atoms with E-state index in [1.165, 1.54) is 0 Å². The predicted molar refractivity (Wildman–Crippen MR) is 145 cm³/mol. The lowest BCUT2D eigenvalue weighted by molar-refractivity contribution is 0.476. The Morgan fingerprint density at radius 1 is 0.639 bits per heavy atom. The highest BCUT2D eigenvalue weighted by Gasteiger charge is 2.24. The molecule has 0 amide bonds. The summed E-state index contributed by atoms with van der Waals surface area (Å²) >= 11 is 0. The minimum Gasteiger partial charge on any atom is -0.453 e. The zero-order valence-electron chi connectivity index (χ0n) is 19.0. The van der Waals surface area contributed by atoms with E-state index in [1.54, 1.807) is 18.2 Å². The molecule has 36 heavy (non-hydrogen) atoms. The van der Waals surface area contributed by atoms with Crippen molar-refractivity contribution in [2.75, 3.05) is 0 Å². The van der Waals surface area contributed by atoms with E-state index in [0.29, 0.717) is 16.5 Å². The molecular formula is C32H17NO3. The SMILES string of the molecule is O=c1c(=Cc2cc3c4c(c2)c2ccccc2n4-c2ccccc2O3)c(=O)c2cccc3cccc1c32. The summed E-state index contributed by atoms with van der Waals surface area (Å²) in [5.74, 6) is 1.47. The maximum atomic E-state index is 13.5. The Balaban J connectivity index is 1.50. The second-order valence-corrected chi connectivity index (χ2v) is 9.26. The van der Waals surface area contributed by atoms with Crippen LogP contribution in [0.15, 0.2) is 107 Å². The maximum Gasteiger partial charge on any atom is 0.197 e. The number of benzene rings is 6. The molecule has 0 saturated carbocycles. The van der Waals surface area contributed by atoms with Crippen molar-refractivity contribution in [1.82, 2.24) is 4.57 Å². The summed E-state index contributed by atoms with van der Waals surface area (Å²) in [6, 6.07) is 31.4. The van der Waals surface area contributed by atoms with Gasteiger partial charge in [0.05, 0.1) is 21.9 Å². The van der Waals surface area contributed by atoms with E-state index in [4.69, 9.17) is 4.74 Å². The van der Waals surface area contributed by atoms with Crippen LogP contribution < -0.4 is 20.8 Å². The van der Waals surface area contributed by atoms with Gasteiger partial charge in [0.1, 0.15) is 0 Å². The monoisotopic (exact) mass is 463 g/mol. The molecule has 0 saturated heterocycles. The van der Waals surface area contributed by atoms with Crippen LogP contribution in [-0.2, 0) is 0 Å². The molecule has 2 heterocycles. The lowest BCUT2D eigenvalue weighted by Crippen LogP contribution is -2.38. The highest BCUT2D eigenvalue weighted by Crippen LogP contribution is 2.45. The second-order valence-electron chi connectivity index (χ2n) is 9.26.